The molecule has 0 bridgehead atoms. The number of carbonyl (C=O) groups is 2. The Balaban J connectivity index is 1.33. The molecule has 0 spiro atoms. The Morgan fingerprint density at radius 2 is 1.96 bits per heavy atom. The van der Waals surface area contributed by atoms with Crippen LogP contribution in [0.15, 0.2) is 78.0 Å². The van der Waals surface area contributed by atoms with E-state index in [9.17, 15) is 34.2 Å². The Morgan fingerprint density at radius 1 is 1.13 bits per heavy atom. The lowest BCUT2D eigenvalue weighted by Gasteiger charge is -2.43. The van der Waals surface area contributed by atoms with Crippen LogP contribution in [0, 0.1) is 23.6 Å². The van der Waals surface area contributed by atoms with Gasteiger partial charge in [-0.15, -0.1) is 0 Å². The summed E-state index contributed by atoms with van der Waals surface area (Å²) in [7, 11) is -1.39. The van der Waals surface area contributed by atoms with Gasteiger partial charge in [-0.1, -0.05) is 24.3 Å². The van der Waals surface area contributed by atoms with Crippen molar-refractivity contribution in [3.05, 3.63) is 95.1 Å². The molecule has 2 saturated heterocycles. The standard InChI is InChI=1S/C33H33B2FN2O8/c1-45-18-21-15-24-31(33(41)38(32(24)40)23-6-4-5-22(16-23)35(43)44)25-17-34(42)46-29(30(21)25)11-9-20(27-7-2-3-12-37-27)13-19-8-10-28(39)26(36)14-19/h2-8,10,12-14,16,24-25,29,31,39,42-44H,9,11,15,17-18H2,1H3/b20-13-/t24-,25+,29-,31-/m1/s1. The number of aromatic hydroxyl groups is 1. The number of halogens is 1. The molecule has 2 amide bonds. The molecule has 2 aromatic carbocycles. The molecule has 3 aromatic rings. The first-order valence-corrected chi connectivity index (χ1v) is 15.1. The van der Waals surface area contributed by atoms with Crippen LogP contribution < -0.4 is 10.4 Å². The van der Waals surface area contributed by atoms with E-state index in [0.717, 1.165) is 21.6 Å². The molecule has 0 radical (unpaired) electrons. The first-order valence-electron chi connectivity index (χ1n) is 15.1. The number of imide groups is 1. The van der Waals surface area contributed by atoms with Crippen LogP contribution in [-0.4, -0.2) is 71.0 Å². The number of hydrogen-bond acceptors (Lipinski definition) is 9. The van der Waals surface area contributed by atoms with Crippen molar-refractivity contribution in [2.75, 3.05) is 18.6 Å². The third-order valence-electron chi connectivity index (χ3n) is 9.04. The molecule has 4 N–H and O–H groups in total. The molecule has 236 valence electrons. The third kappa shape index (κ3) is 6.16. The molecular weight excluding hydrogens is 593 g/mol. The fourth-order valence-electron chi connectivity index (χ4n) is 7.08. The van der Waals surface area contributed by atoms with Gasteiger partial charge in [-0.05, 0) is 102 Å². The molecule has 2 fully saturated rings. The number of fused-ring (bicyclic) bond motifs is 3. The van der Waals surface area contributed by atoms with E-state index in [-0.39, 0.29) is 36.4 Å². The predicted molar refractivity (Wildman–Crippen MR) is 170 cm³/mol. The fraction of sp³-hybridized carbons (Fsp3) is 0.303. The maximum absolute atomic E-state index is 14.2. The number of phenolic OH excluding ortho intramolecular Hbond substituents is 1. The summed E-state index contributed by atoms with van der Waals surface area (Å²) < 4.78 is 25.8. The summed E-state index contributed by atoms with van der Waals surface area (Å²) in [5, 5.41) is 39.9. The highest BCUT2D eigenvalue weighted by Gasteiger charge is 2.57. The number of amides is 2. The zero-order chi connectivity index (χ0) is 32.5. The number of anilines is 1. The molecule has 3 aliphatic rings. The van der Waals surface area contributed by atoms with E-state index in [1.807, 2.05) is 12.1 Å². The number of ether oxygens (including phenoxy) is 1. The summed E-state index contributed by atoms with van der Waals surface area (Å²) in [5.74, 6) is -3.88. The molecule has 0 unspecified atom stereocenters. The molecule has 13 heteroatoms. The van der Waals surface area contributed by atoms with Crippen molar-refractivity contribution in [3.63, 3.8) is 0 Å². The topological polar surface area (TPSA) is 150 Å². The molecule has 10 nitrogen and oxygen atoms in total. The number of allylic oxidation sites excluding steroid dienone is 1. The van der Waals surface area contributed by atoms with E-state index in [1.165, 1.54) is 24.3 Å². The summed E-state index contributed by atoms with van der Waals surface area (Å²) in [6.45, 7) is 0.217. The number of phenols is 1. The number of nitrogens with zero attached hydrogens (tertiary/aromatic N) is 2. The Morgan fingerprint density at radius 3 is 2.67 bits per heavy atom. The minimum atomic E-state index is -1.76. The van der Waals surface area contributed by atoms with Gasteiger partial charge < -0.3 is 29.6 Å². The van der Waals surface area contributed by atoms with Gasteiger partial charge in [0.2, 0.25) is 11.8 Å². The van der Waals surface area contributed by atoms with Gasteiger partial charge in [-0.3, -0.25) is 19.5 Å². The highest BCUT2D eigenvalue weighted by molar-refractivity contribution is 6.58. The average Bonchev–Trinajstić information content (AvgIpc) is 3.30. The van der Waals surface area contributed by atoms with Gasteiger partial charge in [-0.25, -0.2) is 4.39 Å². The Labute approximate surface area is 266 Å². The molecule has 2 aliphatic heterocycles. The number of pyridine rings is 1. The molecule has 0 saturated carbocycles. The highest BCUT2D eigenvalue weighted by atomic mass is 19.1. The maximum atomic E-state index is 14.2. The monoisotopic (exact) mass is 626 g/mol. The Hall–Kier alpha value is -4.13. The second-order valence-corrected chi connectivity index (χ2v) is 11.9. The number of aromatic nitrogens is 1. The summed E-state index contributed by atoms with van der Waals surface area (Å²) in [6.07, 6.45) is 4.04. The number of rotatable bonds is 9. The van der Waals surface area contributed by atoms with Crippen molar-refractivity contribution < 1.29 is 43.5 Å². The molecule has 3 heterocycles. The minimum absolute atomic E-state index is 0.123. The summed E-state index contributed by atoms with van der Waals surface area (Å²) in [6, 6.07) is 15.6. The van der Waals surface area contributed by atoms with Gasteiger partial charge in [0.1, 0.15) is 0 Å². The van der Waals surface area contributed by atoms with Gasteiger partial charge in [0.05, 0.1) is 35.9 Å². The van der Waals surface area contributed by atoms with Gasteiger partial charge >= 0.3 is 14.2 Å². The van der Waals surface area contributed by atoms with Gasteiger partial charge in [0, 0.05) is 13.3 Å². The summed E-state index contributed by atoms with van der Waals surface area (Å²) in [5.41, 5.74) is 4.07. The van der Waals surface area contributed by atoms with Gasteiger partial charge in [0.25, 0.3) is 0 Å². The van der Waals surface area contributed by atoms with E-state index in [0.29, 0.717) is 24.1 Å². The molecule has 46 heavy (non-hydrogen) atoms. The second kappa shape index (κ2) is 13.3. The van der Waals surface area contributed by atoms with Crippen molar-refractivity contribution >= 4 is 48.9 Å². The van der Waals surface area contributed by atoms with E-state index in [4.69, 9.17) is 9.39 Å². The number of methoxy groups -OCH3 is 1. The predicted octanol–water partition coefficient (Wildman–Crippen LogP) is 2.57. The number of benzene rings is 2. The lowest BCUT2D eigenvalue weighted by Crippen LogP contribution is -2.46. The minimum Gasteiger partial charge on any atom is -0.505 e. The zero-order valence-electron chi connectivity index (χ0n) is 25.1. The van der Waals surface area contributed by atoms with Crippen LogP contribution in [0.4, 0.5) is 10.1 Å². The van der Waals surface area contributed by atoms with Crippen molar-refractivity contribution in [1.29, 1.82) is 0 Å². The lowest BCUT2D eigenvalue weighted by molar-refractivity contribution is -0.122. The quantitative estimate of drug-likeness (QED) is 0.160. The van der Waals surface area contributed by atoms with Crippen LogP contribution in [0.1, 0.15) is 30.5 Å². The smallest absolute Gasteiger partial charge is 0.488 e. The van der Waals surface area contributed by atoms with Crippen LogP contribution in [0.3, 0.4) is 0 Å². The molecule has 6 rings (SSSR count). The second-order valence-electron chi connectivity index (χ2n) is 11.9. The van der Waals surface area contributed by atoms with Crippen LogP contribution in [-0.2, 0) is 19.0 Å². The summed E-state index contributed by atoms with van der Waals surface area (Å²) in [4.78, 5) is 33.4. The van der Waals surface area contributed by atoms with Gasteiger partial charge in [-0.2, -0.15) is 0 Å². The first kappa shape index (κ1) is 31.8. The fourth-order valence-corrected chi connectivity index (χ4v) is 7.08. The van der Waals surface area contributed by atoms with Crippen molar-refractivity contribution in [3.8, 4) is 5.75 Å². The van der Waals surface area contributed by atoms with Crippen molar-refractivity contribution in [2.45, 2.75) is 31.7 Å². The first-order chi connectivity index (χ1) is 22.2. The van der Waals surface area contributed by atoms with Crippen LogP contribution in [0.5, 0.6) is 5.75 Å². The van der Waals surface area contributed by atoms with E-state index >= 15 is 0 Å². The highest BCUT2D eigenvalue weighted by Crippen LogP contribution is 2.51. The maximum Gasteiger partial charge on any atom is 0.488 e. The molecule has 1 aliphatic carbocycles. The number of carbonyl (C=O) groups excluding carboxylic acids is 2. The number of hydrogen-bond donors (Lipinski definition) is 4. The SMILES string of the molecule is COCC1=C2[C@@H](CC/C(=C/c3ccc(O)c(F)c3)c3ccccn3)OB(O)C[C@@H]2[C@@H]2C(=O)N(c3cccc(B(O)O)c3)C(=O)[C@@H]2C1. The van der Waals surface area contributed by atoms with E-state index in [2.05, 4.69) is 4.98 Å². The Kier molecular flexibility index (Phi) is 9.21. The van der Waals surface area contributed by atoms with Crippen molar-refractivity contribution in [1.82, 2.24) is 4.98 Å². The van der Waals surface area contributed by atoms with Crippen LogP contribution >= 0.6 is 0 Å². The van der Waals surface area contributed by atoms with E-state index in [1.54, 1.807) is 43.6 Å². The molecule has 4 atom stereocenters. The summed E-state index contributed by atoms with van der Waals surface area (Å²) >= 11 is 0. The Bertz CT molecular complexity index is 1700. The van der Waals surface area contributed by atoms with E-state index < -0.39 is 55.6 Å². The average molecular weight is 626 g/mol. The third-order valence-corrected chi connectivity index (χ3v) is 9.04. The molecule has 1 aromatic heterocycles. The van der Waals surface area contributed by atoms with Gasteiger partial charge in [0.15, 0.2) is 11.6 Å². The largest absolute Gasteiger partial charge is 0.505 e. The van der Waals surface area contributed by atoms with Crippen LogP contribution in [0.2, 0.25) is 6.32 Å². The normalized spacial score (nSPS) is 23.1. The molecular formula is C33H33B2FN2O8. The van der Waals surface area contributed by atoms with Crippen LogP contribution in [0.25, 0.3) is 11.6 Å². The zero-order valence-corrected chi connectivity index (χ0v) is 25.1. The lowest BCUT2D eigenvalue weighted by atomic mass is 9.58. The van der Waals surface area contributed by atoms with Crippen molar-refractivity contribution in [2.24, 2.45) is 17.8 Å².